The zero-order chi connectivity index (χ0) is 14.6. The summed E-state index contributed by atoms with van der Waals surface area (Å²) in [5.41, 5.74) is -0.0254. The monoisotopic (exact) mass is 384 g/mol. The first-order chi connectivity index (χ1) is 8.81. The quantitative estimate of drug-likeness (QED) is 0.619. The molecule has 0 radical (unpaired) electrons. The van der Waals surface area contributed by atoms with Gasteiger partial charge in [0.05, 0.1) is 9.99 Å². The third kappa shape index (κ3) is 4.62. The van der Waals surface area contributed by atoms with Crippen molar-refractivity contribution in [1.29, 1.82) is 0 Å². The Kier molecular flexibility index (Phi) is 5.45. The molecule has 0 aliphatic carbocycles. The minimum atomic E-state index is -1.04. The molecule has 0 saturated carbocycles. The van der Waals surface area contributed by atoms with E-state index in [0.717, 1.165) is 17.0 Å². The maximum Gasteiger partial charge on any atom is 0.321 e. The Balaban J connectivity index is 2.69. The molecule has 0 saturated heterocycles. The largest absolute Gasteiger partial charge is 0.481 e. The van der Waals surface area contributed by atoms with Crippen LogP contribution in [0.2, 0.25) is 0 Å². The highest BCUT2D eigenvalue weighted by Crippen LogP contribution is 2.20. The second kappa shape index (κ2) is 6.64. The fourth-order valence-corrected chi connectivity index (χ4v) is 1.52. The van der Waals surface area contributed by atoms with E-state index < -0.39 is 23.6 Å². The molecule has 0 aliphatic rings. The van der Waals surface area contributed by atoms with E-state index in [4.69, 9.17) is 5.11 Å². The smallest absolute Gasteiger partial charge is 0.321 e. The molecule has 8 heteroatoms. The maximum absolute atomic E-state index is 13.3. The van der Waals surface area contributed by atoms with Gasteiger partial charge in [0.25, 0.3) is 0 Å². The molecular formula is C11H11F2IN2O3. The Labute approximate surface area is 121 Å². The minimum Gasteiger partial charge on any atom is -0.481 e. The maximum atomic E-state index is 13.3. The molecule has 5 nitrogen and oxygen atoms in total. The minimum absolute atomic E-state index is 0.00347. The predicted molar refractivity (Wildman–Crippen MR) is 73.0 cm³/mol. The van der Waals surface area contributed by atoms with E-state index in [1.165, 1.54) is 29.6 Å². The van der Waals surface area contributed by atoms with Crippen LogP contribution in [0.3, 0.4) is 0 Å². The number of amides is 2. The highest BCUT2D eigenvalue weighted by molar-refractivity contribution is 14.1. The molecule has 104 valence electrons. The van der Waals surface area contributed by atoms with Crippen molar-refractivity contribution in [2.75, 3.05) is 18.9 Å². The number of urea groups is 1. The van der Waals surface area contributed by atoms with Gasteiger partial charge in [-0.3, -0.25) is 4.79 Å². The van der Waals surface area contributed by atoms with Gasteiger partial charge in [-0.15, -0.1) is 0 Å². The van der Waals surface area contributed by atoms with Crippen LogP contribution in [0.4, 0.5) is 19.3 Å². The zero-order valence-electron chi connectivity index (χ0n) is 9.91. The van der Waals surface area contributed by atoms with Crippen molar-refractivity contribution in [3.8, 4) is 0 Å². The van der Waals surface area contributed by atoms with E-state index in [1.807, 2.05) is 0 Å². The van der Waals surface area contributed by atoms with E-state index in [-0.39, 0.29) is 22.2 Å². The zero-order valence-corrected chi connectivity index (χ0v) is 12.1. The van der Waals surface area contributed by atoms with E-state index in [1.54, 1.807) is 0 Å². The molecule has 0 heterocycles. The summed E-state index contributed by atoms with van der Waals surface area (Å²) in [6, 6.07) is 1.35. The first kappa shape index (κ1) is 15.6. The SMILES string of the molecule is CN(CCC(=O)O)C(=O)Nc1cc(F)c(I)c(F)c1. The number of carbonyl (C=O) groups is 2. The Morgan fingerprint density at radius 3 is 2.37 bits per heavy atom. The molecule has 0 fully saturated rings. The Hall–Kier alpha value is -1.45. The third-order valence-electron chi connectivity index (χ3n) is 2.24. The number of anilines is 1. The molecule has 19 heavy (non-hydrogen) atoms. The van der Waals surface area contributed by atoms with Crippen LogP contribution in [0.15, 0.2) is 12.1 Å². The summed E-state index contributed by atoms with van der Waals surface area (Å²) >= 11 is 1.51. The summed E-state index contributed by atoms with van der Waals surface area (Å²) in [5.74, 6) is -2.58. The van der Waals surface area contributed by atoms with Gasteiger partial charge in [-0.25, -0.2) is 13.6 Å². The predicted octanol–water partition coefficient (Wildman–Crippen LogP) is 2.51. The molecule has 1 rings (SSSR count). The number of hydrogen-bond acceptors (Lipinski definition) is 2. The molecule has 0 atom stereocenters. The van der Waals surface area contributed by atoms with Crippen LogP contribution in [0.25, 0.3) is 0 Å². The lowest BCUT2D eigenvalue weighted by atomic mass is 10.3. The normalized spacial score (nSPS) is 10.1. The Bertz CT molecular complexity index is 488. The molecule has 1 aromatic carbocycles. The summed E-state index contributed by atoms with van der Waals surface area (Å²) in [4.78, 5) is 23.1. The first-order valence-electron chi connectivity index (χ1n) is 5.19. The first-order valence-corrected chi connectivity index (χ1v) is 6.27. The number of carboxylic acid groups (broad SMARTS) is 1. The topological polar surface area (TPSA) is 69.6 Å². The highest BCUT2D eigenvalue weighted by Gasteiger charge is 2.13. The fourth-order valence-electron chi connectivity index (χ4n) is 1.21. The van der Waals surface area contributed by atoms with E-state index in [0.29, 0.717) is 0 Å². The molecule has 0 unspecified atom stereocenters. The lowest BCUT2D eigenvalue weighted by Crippen LogP contribution is -2.33. The Morgan fingerprint density at radius 1 is 1.37 bits per heavy atom. The number of nitrogens with zero attached hydrogens (tertiary/aromatic N) is 1. The average molecular weight is 384 g/mol. The van der Waals surface area contributed by atoms with Gasteiger partial charge in [0.2, 0.25) is 0 Å². The van der Waals surface area contributed by atoms with Crippen LogP contribution in [0, 0.1) is 15.2 Å². The van der Waals surface area contributed by atoms with E-state index >= 15 is 0 Å². The molecule has 0 bridgehead atoms. The van der Waals surface area contributed by atoms with Crippen molar-refractivity contribution >= 4 is 40.3 Å². The number of carboxylic acids is 1. The standard InChI is InChI=1S/C11H11F2IN2O3/c1-16(3-2-9(17)18)11(19)15-6-4-7(12)10(14)8(13)5-6/h4-5H,2-3H2,1H3,(H,15,19)(H,17,18). The molecule has 0 aliphatic heterocycles. The number of carbonyl (C=O) groups excluding carboxylic acids is 1. The van der Waals surface area contributed by atoms with Crippen LogP contribution < -0.4 is 5.32 Å². The van der Waals surface area contributed by atoms with Gasteiger partial charge < -0.3 is 15.3 Å². The lowest BCUT2D eigenvalue weighted by molar-refractivity contribution is -0.137. The van der Waals surface area contributed by atoms with Crippen LogP contribution in [-0.4, -0.2) is 35.6 Å². The second-order valence-corrected chi connectivity index (χ2v) is 4.83. The number of halogens is 3. The van der Waals surface area contributed by atoms with E-state index in [2.05, 4.69) is 5.32 Å². The third-order valence-corrected chi connectivity index (χ3v) is 3.27. The van der Waals surface area contributed by atoms with Gasteiger partial charge in [0, 0.05) is 19.3 Å². The summed E-state index contributed by atoms with van der Waals surface area (Å²) in [6.45, 7) is -0.00347. The number of hydrogen-bond donors (Lipinski definition) is 2. The summed E-state index contributed by atoms with van der Waals surface area (Å²) in [5, 5.41) is 10.8. The van der Waals surface area contributed by atoms with Crippen molar-refractivity contribution in [1.82, 2.24) is 4.90 Å². The number of aliphatic carboxylic acids is 1. The summed E-state index contributed by atoms with van der Waals surface area (Å²) < 4.78 is 26.4. The van der Waals surface area contributed by atoms with Crippen LogP contribution in [0.5, 0.6) is 0 Å². The molecule has 2 amide bonds. The van der Waals surface area contributed by atoms with Gasteiger partial charge in [-0.05, 0) is 34.7 Å². The fraction of sp³-hybridized carbons (Fsp3) is 0.273. The van der Waals surface area contributed by atoms with Crippen molar-refractivity contribution in [3.05, 3.63) is 27.3 Å². The summed E-state index contributed by atoms with van der Waals surface area (Å²) in [6.07, 6.45) is -0.209. The van der Waals surface area contributed by atoms with Crippen molar-refractivity contribution in [3.63, 3.8) is 0 Å². The molecule has 1 aromatic rings. The molecule has 2 N–H and O–H groups in total. The molecular weight excluding hydrogens is 373 g/mol. The van der Waals surface area contributed by atoms with Gasteiger partial charge in [-0.2, -0.15) is 0 Å². The number of nitrogens with one attached hydrogen (secondary N) is 1. The highest BCUT2D eigenvalue weighted by atomic mass is 127. The van der Waals surface area contributed by atoms with Crippen molar-refractivity contribution < 1.29 is 23.5 Å². The number of rotatable bonds is 4. The lowest BCUT2D eigenvalue weighted by Gasteiger charge is -2.17. The average Bonchev–Trinajstić information content (AvgIpc) is 2.32. The van der Waals surface area contributed by atoms with E-state index in [9.17, 15) is 18.4 Å². The van der Waals surface area contributed by atoms with Crippen LogP contribution in [-0.2, 0) is 4.79 Å². The van der Waals surface area contributed by atoms with Gasteiger partial charge >= 0.3 is 12.0 Å². The van der Waals surface area contributed by atoms with Crippen LogP contribution in [0.1, 0.15) is 6.42 Å². The van der Waals surface area contributed by atoms with Crippen molar-refractivity contribution in [2.45, 2.75) is 6.42 Å². The van der Waals surface area contributed by atoms with Gasteiger partial charge in [0.1, 0.15) is 11.6 Å². The Morgan fingerprint density at radius 2 is 1.89 bits per heavy atom. The van der Waals surface area contributed by atoms with Crippen LogP contribution >= 0.6 is 22.6 Å². The van der Waals surface area contributed by atoms with Gasteiger partial charge in [0.15, 0.2) is 0 Å². The number of benzene rings is 1. The molecule has 0 aromatic heterocycles. The molecule has 0 spiro atoms. The van der Waals surface area contributed by atoms with Gasteiger partial charge in [-0.1, -0.05) is 0 Å². The second-order valence-electron chi connectivity index (χ2n) is 3.75. The summed E-state index contributed by atoms with van der Waals surface area (Å²) in [7, 11) is 1.39. The van der Waals surface area contributed by atoms with Crippen molar-refractivity contribution in [2.24, 2.45) is 0 Å².